The second-order valence-electron chi connectivity index (χ2n) is 4.26. The van der Waals surface area contributed by atoms with E-state index < -0.39 is 6.10 Å². The van der Waals surface area contributed by atoms with E-state index in [1.165, 1.54) is 0 Å². The van der Waals surface area contributed by atoms with Gasteiger partial charge in [-0.1, -0.05) is 18.2 Å². The number of aliphatic hydroxyl groups is 1. The number of hydrogen-bond donors (Lipinski definition) is 1. The van der Waals surface area contributed by atoms with Crippen LogP contribution in [0.4, 0.5) is 0 Å². The number of rotatable bonds is 7. The van der Waals surface area contributed by atoms with Crippen LogP contribution in [0.3, 0.4) is 0 Å². The van der Waals surface area contributed by atoms with Gasteiger partial charge in [0.25, 0.3) is 0 Å². The SMILES string of the molecule is COc1ccc(OCC(O)CSc2ccccc2)cc1. The Labute approximate surface area is 123 Å². The van der Waals surface area contributed by atoms with Crippen LogP contribution in [0.15, 0.2) is 59.5 Å². The van der Waals surface area contributed by atoms with Crippen molar-refractivity contribution in [2.75, 3.05) is 19.5 Å². The summed E-state index contributed by atoms with van der Waals surface area (Å²) in [5, 5.41) is 9.90. The predicted molar refractivity (Wildman–Crippen MR) is 81.7 cm³/mol. The van der Waals surface area contributed by atoms with Gasteiger partial charge in [0.1, 0.15) is 18.1 Å². The summed E-state index contributed by atoms with van der Waals surface area (Å²) in [4.78, 5) is 1.15. The summed E-state index contributed by atoms with van der Waals surface area (Å²) >= 11 is 1.62. The smallest absolute Gasteiger partial charge is 0.119 e. The van der Waals surface area contributed by atoms with Crippen molar-refractivity contribution in [2.24, 2.45) is 0 Å². The molecule has 20 heavy (non-hydrogen) atoms. The van der Waals surface area contributed by atoms with E-state index in [-0.39, 0.29) is 6.61 Å². The van der Waals surface area contributed by atoms with Crippen molar-refractivity contribution in [1.82, 2.24) is 0 Å². The Morgan fingerprint density at radius 2 is 1.65 bits per heavy atom. The van der Waals surface area contributed by atoms with Crippen molar-refractivity contribution in [3.05, 3.63) is 54.6 Å². The summed E-state index contributed by atoms with van der Waals surface area (Å²) in [7, 11) is 1.63. The maximum atomic E-state index is 9.90. The van der Waals surface area contributed by atoms with Gasteiger partial charge in [-0.15, -0.1) is 11.8 Å². The molecule has 0 bridgehead atoms. The monoisotopic (exact) mass is 290 g/mol. The predicted octanol–water partition coefficient (Wildman–Crippen LogP) is 3.23. The zero-order valence-electron chi connectivity index (χ0n) is 11.4. The van der Waals surface area contributed by atoms with Crippen molar-refractivity contribution < 1.29 is 14.6 Å². The molecular weight excluding hydrogens is 272 g/mol. The number of ether oxygens (including phenoxy) is 2. The van der Waals surface area contributed by atoms with Gasteiger partial charge in [0.2, 0.25) is 0 Å². The molecule has 0 amide bonds. The fourth-order valence-electron chi connectivity index (χ4n) is 1.62. The van der Waals surface area contributed by atoms with Gasteiger partial charge < -0.3 is 14.6 Å². The lowest BCUT2D eigenvalue weighted by atomic mass is 10.3. The van der Waals surface area contributed by atoms with Crippen molar-refractivity contribution >= 4 is 11.8 Å². The summed E-state index contributed by atoms with van der Waals surface area (Å²) in [5.41, 5.74) is 0. The summed E-state index contributed by atoms with van der Waals surface area (Å²) in [5.74, 6) is 2.13. The first kappa shape index (κ1) is 14.8. The van der Waals surface area contributed by atoms with Crippen LogP contribution in [0.1, 0.15) is 0 Å². The van der Waals surface area contributed by atoms with Crippen LogP contribution >= 0.6 is 11.8 Å². The number of hydrogen-bond acceptors (Lipinski definition) is 4. The molecule has 0 spiro atoms. The molecule has 2 aromatic carbocycles. The zero-order valence-corrected chi connectivity index (χ0v) is 12.2. The second-order valence-corrected chi connectivity index (χ2v) is 5.36. The van der Waals surface area contributed by atoms with E-state index in [0.29, 0.717) is 5.75 Å². The van der Waals surface area contributed by atoms with E-state index in [0.717, 1.165) is 16.4 Å². The molecule has 0 aromatic heterocycles. The van der Waals surface area contributed by atoms with Gasteiger partial charge in [0.15, 0.2) is 0 Å². The Hall–Kier alpha value is -1.65. The summed E-state index contributed by atoms with van der Waals surface area (Å²) in [6, 6.07) is 17.3. The summed E-state index contributed by atoms with van der Waals surface area (Å²) in [6.45, 7) is 0.284. The minimum atomic E-state index is -0.498. The molecule has 0 aliphatic carbocycles. The third kappa shape index (κ3) is 4.79. The lowest BCUT2D eigenvalue weighted by molar-refractivity contribution is 0.126. The first-order valence-corrected chi connectivity index (χ1v) is 7.39. The maximum Gasteiger partial charge on any atom is 0.119 e. The maximum absolute atomic E-state index is 9.90. The number of methoxy groups -OCH3 is 1. The van der Waals surface area contributed by atoms with Crippen molar-refractivity contribution in [2.45, 2.75) is 11.0 Å². The molecule has 2 aromatic rings. The molecule has 1 unspecified atom stereocenters. The molecular formula is C16H18O3S. The molecule has 0 aliphatic heterocycles. The number of aliphatic hydroxyl groups excluding tert-OH is 1. The third-order valence-electron chi connectivity index (χ3n) is 2.69. The highest BCUT2D eigenvalue weighted by molar-refractivity contribution is 7.99. The van der Waals surface area contributed by atoms with Gasteiger partial charge in [-0.25, -0.2) is 0 Å². The van der Waals surface area contributed by atoms with Crippen LogP contribution in [0.25, 0.3) is 0 Å². The topological polar surface area (TPSA) is 38.7 Å². The molecule has 0 radical (unpaired) electrons. The van der Waals surface area contributed by atoms with Crippen LogP contribution < -0.4 is 9.47 Å². The molecule has 2 rings (SSSR count). The second kappa shape index (κ2) is 7.82. The average Bonchev–Trinajstić information content (AvgIpc) is 2.52. The molecule has 0 saturated heterocycles. The van der Waals surface area contributed by atoms with Gasteiger partial charge in [-0.3, -0.25) is 0 Å². The summed E-state index contributed by atoms with van der Waals surface area (Å²) < 4.78 is 10.6. The molecule has 0 heterocycles. The molecule has 4 heteroatoms. The Bertz CT molecular complexity index is 499. The van der Waals surface area contributed by atoms with Gasteiger partial charge in [-0.05, 0) is 36.4 Å². The molecule has 1 N–H and O–H groups in total. The Morgan fingerprint density at radius 1 is 1.00 bits per heavy atom. The van der Waals surface area contributed by atoms with Crippen molar-refractivity contribution in [1.29, 1.82) is 0 Å². The zero-order chi connectivity index (χ0) is 14.2. The first-order valence-electron chi connectivity index (χ1n) is 6.40. The van der Waals surface area contributed by atoms with E-state index in [4.69, 9.17) is 9.47 Å². The van der Waals surface area contributed by atoms with E-state index in [1.54, 1.807) is 18.9 Å². The first-order chi connectivity index (χ1) is 9.78. The molecule has 0 saturated carbocycles. The quantitative estimate of drug-likeness (QED) is 0.795. The molecule has 3 nitrogen and oxygen atoms in total. The van der Waals surface area contributed by atoms with Gasteiger partial charge in [-0.2, -0.15) is 0 Å². The number of thioether (sulfide) groups is 1. The third-order valence-corrected chi connectivity index (χ3v) is 3.84. The highest BCUT2D eigenvalue weighted by Gasteiger charge is 2.06. The molecule has 1 atom stereocenters. The van der Waals surface area contributed by atoms with E-state index in [2.05, 4.69) is 0 Å². The highest BCUT2D eigenvalue weighted by Crippen LogP contribution is 2.19. The Kier molecular flexibility index (Phi) is 5.77. The largest absolute Gasteiger partial charge is 0.497 e. The highest BCUT2D eigenvalue weighted by atomic mass is 32.2. The van der Waals surface area contributed by atoms with Crippen LogP contribution in [0, 0.1) is 0 Å². The Balaban J connectivity index is 1.73. The van der Waals surface area contributed by atoms with Crippen LogP contribution in [0.2, 0.25) is 0 Å². The van der Waals surface area contributed by atoms with E-state index in [1.807, 2.05) is 54.6 Å². The number of benzene rings is 2. The standard InChI is InChI=1S/C16H18O3S/c1-18-14-7-9-15(10-8-14)19-11-13(17)12-20-16-5-3-2-4-6-16/h2-10,13,17H,11-12H2,1H3. The lowest BCUT2D eigenvalue weighted by Crippen LogP contribution is -2.19. The molecule has 0 aliphatic rings. The molecule has 0 fully saturated rings. The van der Waals surface area contributed by atoms with Gasteiger partial charge in [0, 0.05) is 10.6 Å². The van der Waals surface area contributed by atoms with Crippen molar-refractivity contribution in [3.63, 3.8) is 0 Å². The molecule has 106 valence electrons. The van der Waals surface area contributed by atoms with E-state index in [9.17, 15) is 5.11 Å². The summed E-state index contributed by atoms with van der Waals surface area (Å²) in [6.07, 6.45) is -0.498. The lowest BCUT2D eigenvalue weighted by Gasteiger charge is -2.12. The van der Waals surface area contributed by atoms with E-state index >= 15 is 0 Å². The Morgan fingerprint density at radius 3 is 2.30 bits per heavy atom. The minimum Gasteiger partial charge on any atom is -0.497 e. The van der Waals surface area contributed by atoms with Crippen LogP contribution in [-0.2, 0) is 0 Å². The van der Waals surface area contributed by atoms with Crippen LogP contribution in [0.5, 0.6) is 11.5 Å². The fourth-order valence-corrected chi connectivity index (χ4v) is 2.45. The average molecular weight is 290 g/mol. The van der Waals surface area contributed by atoms with Crippen LogP contribution in [-0.4, -0.2) is 30.7 Å². The van der Waals surface area contributed by atoms with Gasteiger partial charge in [0.05, 0.1) is 13.2 Å². The fraction of sp³-hybridized carbons (Fsp3) is 0.250. The normalized spacial score (nSPS) is 11.9. The van der Waals surface area contributed by atoms with Crippen molar-refractivity contribution in [3.8, 4) is 11.5 Å². The minimum absolute atomic E-state index is 0.284. The van der Waals surface area contributed by atoms with Gasteiger partial charge >= 0.3 is 0 Å².